The molecule has 0 saturated carbocycles. The first kappa shape index (κ1) is 17.5. The lowest BCUT2D eigenvalue weighted by molar-refractivity contribution is 0.318. The van der Waals surface area contributed by atoms with Gasteiger partial charge in [-0.3, -0.25) is 0 Å². The van der Waals surface area contributed by atoms with Gasteiger partial charge in [-0.1, -0.05) is 69.9 Å². The van der Waals surface area contributed by atoms with Crippen molar-refractivity contribution >= 4 is 5.84 Å². The van der Waals surface area contributed by atoms with Crippen LogP contribution in [0.25, 0.3) is 0 Å². The molecule has 0 atom stereocenters. The van der Waals surface area contributed by atoms with E-state index in [1.807, 2.05) is 10.8 Å². The van der Waals surface area contributed by atoms with E-state index in [0.717, 1.165) is 13.0 Å². The summed E-state index contributed by atoms with van der Waals surface area (Å²) in [5.74, 6) is 0.625. The van der Waals surface area contributed by atoms with E-state index in [0.29, 0.717) is 5.82 Å². The largest absolute Gasteiger partial charge is 0.409 e. The van der Waals surface area contributed by atoms with E-state index in [1.165, 1.54) is 57.8 Å². The van der Waals surface area contributed by atoms with Crippen LogP contribution in [-0.4, -0.2) is 20.6 Å². The molecule has 0 amide bonds. The first-order valence-corrected chi connectivity index (χ1v) is 8.28. The van der Waals surface area contributed by atoms with Crippen molar-refractivity contribution < 1.29 is 5.21 Å². The molecule has 120 valence electrons. The summed E-state index contributed by atoms with van der Waals surface area (Å²) in [5.41, 5.74) is 5.58. The van der Waals surface area contributed by atoms with Crippen LogP contribution in [0.2, 0.25) is 0 Å². The predicted octanol–water partition coefficient (Wildman–Crippen LogP) is 3.90. The molecule has 0 unspecified atom stereocenters. The van der Waals surface area contributed by atoms with E-state index in [4.69, 9.17) is 10.9 Å². The highest BCUT2D eigenvalue weighted by atomic mass is 16.4. The van der Waals surface area contributed by atoms with Crippen molar-refractivity contribution in [3.63, 3.8) is 0 Å². The lowest BCUT2D eigenvalue weighted by Gasteiger charge is -2.06. The van der Waals surface area contributed by atoms with Crippen LogP contribution in [0.15, 0.2) is 17.5 Å². The van der Waals surface area contributed by atoms with Crippen molar-refractivity contribution in [3.05, 3.63) is 18.2 Å². The minimum atomic E-state index is 0.0760. The molecule has 0 aliphatic rings. The second-order valence-electron chi connectivity index (χ2n) is 5.61. The van der Waals surface area contributed by atoms with Crippen LogP contribution < -0.4 is 5.73 Å². The number of nitrogens with zero attached hydrogens (tertiary/aromatic N) is 3. The van der Waals surface area contributed by atoms with E-state index in [1.54, 1.807) is 6.20 Å². The number of hydrogen-bond donors (Lipinski definition) is 2. The Labute approximate surface area is 128 Å². The number of nitrogens with two attached hydrogens (primary N) is 1. The molecule has 21 heavy (non-hydrogen) atoms. The Morgan fingerprint density at radius 1 is 1.10 bits per heavy atom. The number of unbranched alkanes of at least 4 members (excludes halogenated alkanes) is 9. The van der Waals surface area contributed by atoms with E-state index in [2.05, 4.69) is 17.1 Å². The number of hydrogen-bond acceptors (Lipinski definition) is 3. The van der Waals surface area contributed by atoms with Gasteiger partial charge in [0.1, 0.15) is 0 Å². The second kappa shape index (κ2) is 11.2. The van der Waals surface area contributed by atoms with Crippen molar-refractivity contribution in [2.24, 2.45) is 10.9 Å². The molecule has 0 radical (unpaired) electrons. The summed E-state index contributed by atoms with van der Waals surface area (Å²) in [6.45, 7) is 3.13. The summed E-state index contributed by atoms with van der Waals surface area (Å²) < 4.78 is 1.94. The number of aromatic nitrogens is 2. The molecule has 0 saturated heterocycles. The molecular formula is C16H30N4O. The van der Waals surface area contributed by atoms with Gasteiger partial charge in [0.05, 0.1) is 0 Å². The van der Waals surface area contributed by atoms with Gasteiger partial charge in [0, 0.05) is 18.9 Å². The zero-order chi connectivity index (χ0) is 15.3. The van der Waals surface area contributed by atoms with Crippen molar-refractivity contribution in [1.29, 1.82) is 0 Å². The number of imidazole rings is 1. The molecule has 0 fully saturated rings. The third-order valence-electron chi connectivity index (χ3n) is 3.80. The standard InChI is InChI=1S/C16H30N4O/c1-2-3-4-5-6-7-8-9-10-11-13-20-14-12-18-16(20)15(17)19-21/h12,14,21H,2-11,13H2,1H3,(H2,17,19). The smallest absolute Gasteiger partial charge is 0.206 e. The monoisotopic (exact) mass is 294 g/mol. The van der Waals surface area contributed by atoms with E-state index in [-0.39, 0.29) is 5.84 Å². The molecule has 0 spiro atoms. The van der Waals surface area contributed by atoms with Crippen molar-refractivity contribution in [3.8, 4) is 0 Å². The minimum Gasteiger partial charge on any atom is -0.409 e. The Kier molecular flexibility index (Phi) is 9.33. The lowest BCUT2D eigenvalue weighted by atomic mass is 10.1. The molecule has 1 aromatic rings. The van der Waals surface area contributed by atoms with E-state index in [9.17, 15) is 0 Å². The third-order valence-corrected chi connectivity index (χ3v) is 3.80. The maximum absolute atomic E-state index is 8.69. The average Bonchev–Trinajstić information content (AvgIpc) is 2.97. The maximum Gasteiger partial charge on any atom is 0.206 e. The van der Waals surface area contributed by atoms with Gasteiger partial charge in [-0.15, -0.1) is 0 Å². The quantitative estimate of drug-likeness (QED) is 0.202. The number of amidine groups is 1. The molecule has 0 aliphatic heterocycles. The molecule has 5 nitrogen and oxygen atoms in total. The summed E-state index contributed by atoms with van der Waals surface area (Å²) in [6, 6.07) is 0. The number of oxime groups is 1. The zero-order valence-electron chi connectivity index (χ0n) is 13.3. The molecule has 0 aromatic carbocycles. The summed E-state index contributed by atoms with van der Waals surface area (Å²) >= 11 is 0. The molecule has 0 bridgehead atoms. The van der Waals surface area contributed by atoms with Crippen LogP contribution >= 0.6 is 0 Å². The molecule has 3 N–H and O–H groups in total. The highest BCUT2D eigenvalue weighted by Crippen LogP contribution is 2.11. The van der Waals surface area contributed by atoms with Crippen LogP contribution in [-0.2, 0) is 6.54 Å². The van der Waals surface area contributed by atoms with Gasteiger partial charge in [-0.25, -0.2) is 4.98 Å². The third kappa shape index (κ3) is 7.16. The first-order valence-electron chi connectivity index (χ1n) is 8.28. The Morgan fingerprint density at radius 3 is 2.24 bits per heavy atom. The second-order valence-corrected chi connectivity index (χ2v) is 5.61. The highest BCUT2D eigenvalue weighted by molar-refractivity contribution is 5.93. The SMILES string of the molecule is CCCCCCCCCCCCn1ccnc1/C(N)=N/O. The molecule has 1 heterocycles. The molecule has 5 heteroatoms. The summed E-state index contributed by atoms with van der Waals surface area (Å²) in [5, 5.41) is 11.7. The summed E-state index contributed by atoms with van der Waals surface area (Å²) in [4.78, 5) is 4.10. The Balaban J connectivity index is 2.03. The van der Waals surface area contributed by atoms with Crippen LogP contribution in [0.4, 0.5) is 0 Å². The molecular weight excluding hydrogens is 264 g/mol. The van der Waals surface area contributed by atoms with Gasteiger partial charge in [-0.05, 0) is 6.42 Å². The molecule has 1 rings (SSSR count). The predicted molar refractivity (Wildman–Crippen MR) is 86.6 cm³/mol. The Morgan fingerprint density at radius 2 is 1.67 bits per heavy atom. The van der Waals surface area contributed by atoms with Gasteiger partial charge in [0.2, 0.25) is 5.84 Å². The number of aryl methyl sites for hydroxylation is 1. The Bertz CT molecular complexity index is 401. The lowest BCUT2D eigenvalue weighted by Crippen LogP contribution is -2.19. The van der Waals surface area contributed by atoms with Gasteiger partial charge in [0.15, 0.2) is 5.82 Å². The van der Waals surface area contributed by atoms with Crippen molar-refractivity contribution in [1.82, 2.24) is 9.55 Å². The first-order chi connectivity index (χ1) is 10.3. The van der Waals surface area contributed by atoms with Gasteiger partial charge < -0.3 is 15.5 Å². The van der Waals surface area contributed by atoms with Crippen LogP contribution in [0, 0.1) is 0 Å². The minimum absolute atomic E-state index is 0.0760. The summed E-state index contributed by atoms with van der Waals surface area (Å²) in [7, 11) is 0. The topological polar surface area (TPSA) is 76.4 Å². The zero-order valence-corrected chi connectivity index (χ0v) is 13.3. The fourth-order valence-electron chi connectivity index (χ4n) is 2.54. The van der Waals surface area contributed by atoms with E-state index < -0.39 is 0 Å². The van der Waals surface area contributed by atoms with Crippen LogP contribution in [0.3, 0.4) is 0 Å². The van der Waals surface area contributed by atoms with Crippen LogP contribution in [0.1, 0.15) is 77.0 Å². The van der Waals surface area contributed by atoms with Gasteiger partial charge in [-0.2, -0.15) is 0 Å². The normalized spacial score (nSPS) is 12.0. The average molecular weight is 294 g/mol. The van der Waals surface area contributed by atoms with Gasteiger partial charge >= 0.3 is 0 Å². The number of rotatable bonds is 12. The Hall–Kier alpha value is -1.52. The maximum atomic E-state index is 8.69. The van der Waals surface area contributed by atoms with Crippen LogP contribution in [0.5, 0.6) is 0 Å². The fraction of sp³-hybridized carbons (Fsp3) is 0.750. The van der Waals surface area contributed by atoms with Crippen molar-refractivity contribution in [2.45, 2.75) is 77.7 Å². The van der Waals surface area contributed by atoms with E-state index >= 15 is 0 Å². The highest BCUT2D eigenvalue weighted by Gasteiger charge is 2.06. The molecule has 1 aromatic heterocycles. The van der Waals surface area contributed by atoms with Crippen molar-refractivity contribution in [2.75, 3.05) is 0 Å². The fourth-order valence-corrected chi connectivity index (χ4v) is 2.54. The summed E-state index contributed by atoms with van der Waals surface area (Å²) in [6.07, 6.45) is 16.8. The van der Waals surface area contributed by atoms with Gasteiger partial charge in [0.25, 0.3) is 0 Å². The molecule has 0 aliphatic carbocycles.